The van der Waals surface area contributed by atoms with Gasteiger partial charge in [0.25, 0.3) is 0 Å². The fraction of sp³-hybridized carbons (Fsp3) is 0.286. The fourth-order valence-electron chi connectivity index (χ4n) is 0.371. The van der Waals surface area contributed by atoms with Crippen molar-refractivity contribution >= 4 is 5.97 Å². The lowest BCUT2D eigenvalue weighted by Crippen LogP contribution is -1.97. The zero-order valence-corrected chi connectivity index (χ0v) is 5.83. The molecule has 56 valence electrons. The van der Waals surface area contributed by atoms with E-state index in [1.54, 1.807) is 6.92 Å². The highest BCUT2D eigenvalue weighted by Crippen LogP contribution is 1.94. The summed E-state index contributed by atoms with van der Waals surface area (Å²) in [5.41, 5.74) is 0. The summed E-state index contributed by atoms with van der Waals surface area (Å²) in [4.78, 5) is 10.4. The molecule has 0 bridgehead atoms. The van der Waals surface area contributed by atoms with Crippen LogP contribution in [0.1, 0.15) is 6.92 Å². The van der Waals surface area contributed by atoms with Crippen LogP contribution in [0.15, 0.2) is 24.5 Å². The minimum Gasteiger partial charge on any atom is -0.428 e. The highest BCUT2D eigenvalue weighted by Gasteiger charge is 1.94. The first-order chi connectivity index (χ1) is 4.70. The first-order valence-electron chi connectivity index (χ1n) is 2.82. The Morgan fingerprint density at radius 3 is 2.80 bits per heavy atom. The number of ether oxygens (including phenoxy) is 1. The van der Waals surface area contributed by atoms with Gasteiger partial charge in [-0.3, -0.25) is 0 Å². The van der Waals surface area contributed by atoms with Crippen LogP contribution in [0.2, 0.25) is 0 Å². The normalized spacial score (nSPS) is 10.8. The van der Waals surface area contributed by atoms with E-state index in [4.69, 9.17) is 5.11 Å². The summed E-state index contributed by atoms with van der Waals surface area (Å²) in [6, 6.07) is 0. The molecule has 3 nitrogen and oxygen atoms in total. The van der Waals surface area contributed by atoms with Crippen LogP contribution < -0.4 is 0 Å². The first kappa shape index (κ1) is 8.91. The van der Waals surface area contributed by atoms with Gasteiger partial charge in [-0.1, -0.05) is 6.58 Å². The molecule has 0 heterocycles. The first-order valence-corrected chi connectivity index (χ1v) is 2.82. The Kier molecular flexibility index (Phi) is 4.24. The summed E-state index contributed by atoms with van der Waals surface area (Å²) in [6.07, 6.45) is 2.45. The minimum atomic E-state index is -0.512. The third kappa shape index (κ3) is 3.86. The lowest BCUT2D eigenvalue weighted by molar-refractivity contribution is -0.133. The van der Waals surface area contributed by atoms with Crippen LogP contribution in [0.4, 0.5) is 0 Å². The Hall–Kier alpha value is -1.09. The Balaban J connectivity index is 3.78. The SMILES string of the molecule is C=CC(=O)O/C(C)=C\CO. The van der Waals surface area contributed by atoms with Crippen LogP contribution in [-0.2, 0) is 9.53 Å². The zero-order valence-electron chi connectivity index (χ0n) is 5.83. The van der Waals surface area contributed by atoms with Gasteiger partial charge in [0.15, 0.2) is 0 Å². The molecule has 0 aromatic carbocycles. The monoisotopic (exact) mass is 142 g/mol. The molecule has 0 aromatic rings. The van der Waals surface area contributed by atoms with Gasteiger partial charge >= 0.3 is 5.97 Å². The number of rotatable bonds is 3. The lowest BCUT2D eigenvalue weighted by atomic mass is 10.5. The Morgan fingerprint density at radius 2 is 2.40 bits per heavy atom. The van der Waals surface area contributed by atoms with Gasteiger partial charge in [0.2, 0.25) is 0 Å². The Labute approximate surface area is 59.6 Å². The highest BCUT2D eigenvalue weighted by atomic mass is 16.5. The molecule has 1 N–H and O–H groups in total. The van der Waals surface area contributed by atoms with Crippen molar-refractivity contribution in [1.82, 2.24) is 0 Å². The van der Waals surface area contributed by atoms with Gasteiger partial charge in [0, 0.05) is 6.08 Å². The number of hydrogen-bond donors (Lipinski definition) is 1. The highest BCUT2D eigenvalue weighted by molar-refractivity contribution is 5.81. The molecule has 0 saturated heterocycles. The molecule has 0 aliphatic heterocycles. The van der Waals surface area contributed by atoms with Crippen LogP contribution in [0.5, 0.6) is 0 Å². The van der Waals surface area contributed by atoms with Gasteiger partial charge in [-0.15, -0.1) is 0 Å². The van der Waals surface area contributed by atoms with Crippen molar-refractivity contribution in [3.63, 3.8) is 0 Å². The third-order valence-electron chi connectivity index (χ3n) is 0.807. The standard InChI is InChI=1S/C7H10O3/c1-3-7(9)10-6(2)4-5-8/h3-4,8H,1,5H2,2H3/b6-4-. The summed E-state index contributed by atoms with van der Waals surface area (Å²) in [5, 5.41) is 8.33. The minimum absolute atomic E-state index is 0.129. The summed E-state index contributed by atoms with van der Waals surface area (Å²) >= 11 is 0. The molecular weight excluding hydrogens is 132 g/mol. The molecule has 10 heavy (non-hydrogen) atoms. The van der Waals surface area contributed by atoms with E-state index < -0.39 is 5.97 Å². The largest absolute Gasteiger partial charge is 0.428 e. The maximum atomic E-state index is 10.4. The Bertz CT molecular complexity index is 158. The van der Waals surface area contributed by atoms with E-state index in [-0.39, 0.29) is 6.61 Å². The van der Waals surface area contributed by atoms with Crippen molar-refractivity contribution in [3.05, 3.63) is 24.5 Å². The second-order valence-electron chi connectivity index (χ2n) is 1.62. The van der Waals surface area contributed by atoms with E-state index in [1.165, 1.54) is 6.08 Å². The van der Waals surface area contributed by atoms with Crippen LogP contribution >= 0.6 is 0 Å². The third-order valence-corrected chi connectivity index (χ3v) is 0.807. The average molecular weight is 142 g/mol. The van der Waals surface area contributed by atoms with E-state index in [2.05, 4.69) is 11.3 Å². The quantitative estimate of drug-likeness (QED) is 0.357. The van der Waals surface area contributed by atoms with Gasteiger partial charge in [0.05, 0.1) is 6.61 Å². The fourth-order valence-corrected chi connectivity index (χ4v) is 0.371. The molecule has 0 aromatic heterocycles. The molecule has 0 radical (unpaired) electrons. The van der Waals surface area contributed by atoms with E-state index in [0.717, 1.165) is 6.08 Å². The predicted molar refractivity (Wildman–Crippen MR) is 37.1 cm³/mol. The smallest absolute Gasteiger partial charge is 0.335 e. The molecule has 0 aliphatic rings. The number of carbonyl (C=O) groups is 1. The second kappa shape index (κ2) is 4.76. The number of esters is 1. The number of carbonyl (C=O) groups excluding carboxylic acids is 1. The summed E-state index contributed by atoms with van der Waals surface area (Å²) < 4.78 is 4.58. The van der Waals surface area contributed by atoms with Crippen molar-refractivity contribution < 1.29 is 14.6 Å². The molecule has 0 atom stereocenters. The molecule has 0 fully saturated rings. The van der Waals surface area contributed by atoms with Crippen molar-refractivity contribution in [1.29, 1.82) is 0 Å². The molecule has 0 saturated carbocycles. The van der Waals surface area contributed by atoms with E-state index in [1.807, 2.05) is 0 Å². The van der Waals surface area contributed by atoms with Crippen LogP contribution in [0.3, 0.4) is 0 Å². The van der Waals surface area contributed by atoms with Gasteiger partial charge in [-0.05, 0) is 13.0 Å². The number of allylic oxidation sites excluding steroid dienone is 1. The molecule has 0 spiro atoms. The van der Waals surface area contributed by atoms with Crippen molar-refractivity contribution in [2.24, 2.45) is 0 Å². The molecule has 0 amide bonds. The number of hydrogen-bond acceptors (Lipinski definition) is 3. The lowest BCUT2D eigenvalue weighted by Gasteiger charge is -1.97. The van der Waals surface area contributed by atoms with E-state index in [9.17, 15) is 4.79 Å². The van der Waals surface area contributed by atoms with Gasteiger partial charge in [-0.25, -0.2) is 4.79 Å². The number of aliphatic hydroxyl groups is 1. The summed E-state index contributed by atoms with van der Waals surface area (Å²) in [7, 11) is 0. The van der Waals surface area contributed by atoms with Gasteiger partial charge < -0.3 is 9.84 Å². The average Bonchev–Trinajstić information content (AvgIpc) is 1.88. The molecule has 0 rings (SSSR count). The van der Waals surface area contributed by atoms with Crippen molar-refractivity contribution in [2.45, 2.75) is 6.92 Å². The molecule has 0 unspecified atom stereocenters. The zero-order chi connectivity index (χ0) is 7.98. The van der Waals surface area contributed by atoms with Gasteiger partial charge in [-0.2, -0.15) is 0 Å². The van der Waals surface area contributed by atoms with Gasteiger partial charge in [0.1, 0.15) is 5.76 Å². The van der Waals surface area contributed by atoms with Crippen LogP contribution in [0, 0.1) is 0 Å². The molecule has 3 heteroatoms. The summed E-state index contributed by atoms with van der Waals surface area (Å²) in [6.45, 7) is 4.66. The summed E-state index contributed by atoms with van der Waals surface area (Å²) in [5.74, 6) is -0.130. The maximum Gasteiger partial charge on any atom is 0.335 e. The molecule has 0 aliphatic carbocycles. The van der Waals surface area contributed by atoms with E-state index in [0.29, 0.717) is 5.76 Å². The second-order valence-corrected chi connectivity index (χ2v) is 1.62. The van der Waals surface area contributed by atoms with Crippen LogP contribution in [0.25, 0.3) is 0 Å². The topological polar surface area (TPSA) is 46.5 Å². The van der Waals surface area contributed by atoms with Crippen LogP contribution in [-0.4, -0.2) is 17.7 Å². The maximum absolute atomic E-state index is 10.4. The van der Waals surface area contributed by atoms with Crippen molar-refractivity contribution in [3.8, 4) is 0 Å². The van der Waals surface area contributed by atoms with Crippen molar-refractivity contribution in [2.75, 3.05) is 6.61 Å². The number of aliphatic hydroxyl groups excluding tert-OH is 1. The molecular formula is C7H10O3. The Morgan fingerprint density at radius 1 is 1.80 bits per heavy atom. The van der Waals surface area contributed by atoms with E-state index >= 15 is 0 Å². The predicted octanol–water partition coefficient (Wildman–Crippen LogP) is 0.612.